The SMILES string of the molecule is CNc1ncc(I)cc1NC(=O)c1ncc(C(F)(F)F)cc1Cl. The zero-order valence-corrected chi connectivity index (χ0v) is 14.4. The Morgan fingerprint density at radius 3 is 2.52 bits per heavy atom. The molecule has 0 bridgehead atoms. The Balaban J connectivity index is 2.30. The van der Waals surface area contributed by atoms with Crippen molar-refractivity contribution in [3.63, 3.8) is 0 Å². The Hall–Kier alpha value is -1.62. The predicted octanol–water partition coefficient (Wildman–Crippen LogP) is 4.05. The van der Waals surface area contributed by atoms with Gasteiger partial charge in [-0.05, 0) is 34.7 Å². The molecule has 2 aromatic rings. The second-order valence-electron chi connectivity index (χ2n) is 4.31. The number of carbonyl (C=O) groups is 1. The van der Waals surface area contributed by atoms with Crippen LogP contribution in [0.15, 0.2) is 24.5 Å². The molecule has 0 aliphatic rings. The first-order valence-electron chi connectivity index (χ1n) is 6.09. The van der Waals surface area contributed by atoms with Crippen molar-refractivity contribution in [2.45, 2.75) is 6.18 Å². The minimum Gasteiger partial charge on any atom is -0.371 e. The molecule has 2 rings (SSSR count). The highest BCUT2D eigenvalue weighted by Gasteiger charge is 2.32. The van der Waals surface area contributed by atoms with E-state index in [-0.39, 0.29) is 10.7 Å². The molecule has 0 saturated heterocycles. The standard InChI is InChI=1S/C13H9ClF3IN4O/c1-19-11-9(3-7(18)5-21-11)22-12(23)10-8(14)2-6(4-20-10)13(15,16)17/h2-5H,1H3,(H,19,21)(H,22,23). The van der Waals surface area contributed by atoms with Gasteiger partial charge in [0, 0.05) is 23.0 Å². The van der Waals surface area contributed by atoms with Crippen LogP contribution < -0.4 is 10.6 Å². The van der Waals surface area contributed by atoms with E-state index in [1.807, 2.05) is 22.6 Å². The molecule has 0 fully saturated rings. The van der Waals surface area contributed by atoms with Gasteiger partial charge < -0.3 is 10.6 Å². The summed E-state index contributed by atoms with van der Waals surface area (Å²) in [5, 5.41) is 4.93. The number of nitrogens with one attached hydrogen (secondary N) is 2. The molecular formula is C13H9ClF3IN4O. The fourth-order valence-electron chi connectivity index (χ4n) is 1.68. The van der Waals surface area contributed by atoms with E-state index >= 15 is 0 Å². The molecule has 0 aliphatic carbocycles. The van der Waals surface area contributed by atoms with Gasteiger partial charge in [0.25, 0.3) is 5.91 Å². The van der Waals surface area contributed by atoms with Gasteiger partial charge in [0.1, 0.15) is 11.5 Å². The Bertz CT molecular complexity index is 754. The smallest absolute Gasteiger partial charge is 0.371 e. The molecule has 122 valence electrons. The van der Waals surface area contributed by atoms with Crippen molar-refractivity contribution in [1.29, 1.82) is 0 Å². The number of pyridine rings is 2. The zero-order chi connectivity index (χ0) is 17.2. The molecule has 2 aromatic heterocycles. The van der Waals surface area contributed by atoms with Crippen LogP contribution in [-0.4, -0.2) is 22.9 Å². The summed E-state index contributed by atoms with van der Waals surface area (Å²) in [4.78, 5) is 19.8. The van der Waals surface area contributed by atoms with E-state index < -0.39 is 17.6 Å². The molecule has 0 aromatic carbocycles. The predicted molar refractivity (Wildman–Crippen MR) is 88.7 cm³/mol. The Morgan fingerprint density at radius 1 is 1.26 bits per heavy atom. The Morgan fingerprint density at radius 2 is 1.96 bits per heavy atom. The third-order valence-electron chi connectivity index (χ3n) is 2.72. The molecule has 2 heterocycles. The van der Waals surface area contributed by atoms with Crippen molar-refractivity contribution in [3.8, 4) is 0 Å². The molecule has 0 saturated carbocycles. The van der Waals surface area contributed by atoms with Crippen molar-refractivity contribution in [3.05, 3.63) is 44.4 Å². The topological polar surface area (TPSA) is 66.9 Å². The van der Waals surface area contributed by atoms with Gasteiger partial charge >= 0.3 is 6.18 Å². The summed E-state index contributed by atoms with van der Waals surface area (Å²) < 4.78 is 38.5. The fraction of sp³-hybridized carbons (Fsp3) is 0.154. The third-order valence-corrected chi connectivity index (χ3v) is 3.60. The van der Waals surface area contributed by atoms with Gasteiger partial charge in [-0.1, -0.05) is 11.6 Å². The third kappa shape index (κ3) is 4.22. The Labute approximate surface area is 147 Å². The number of halogens is 5. The highest BCUT2D eigenvalue weighted by Crippen LogP contribution is 2.31. The maximum Gasteiger partial charge on any atom is 0.417 e. The van der Waals surface area contributed by atoms with Crippen LogP contribution in [0.25, 0.3) is 0 Å². The fourth-order valence-corrected chi connectivity index (χ4v) is 2.38. The first-order chi connectivity index (χ1) is 10.7. The molecule has 0 atom stereocenters. The average Bonchev–Trinajstić information content (AvgIpc) is 2.46. The van der Waals surface area contributed by atoms with E-state index in [2.05, 4.69) is 20.6 Å². The summed E-state index contributed by atoms with van der Waals surface area (Å²) in [7, 11) is 1.62. The lowest BCUT2D eigenvalue weighted by Crippen LogP contribution is -2.17. The molecule has 23 heavy (non-hydrogen) atoms. The molecule has 0 radical (unpaired) electrons. The van der Waals surface area contributed by atoms with Crippen molar-refractivity contribution in [2.75, 3.05) is 17.7 Å². The number of nitrogens with zero attached hydrogens (tertiary/aromatic N) is 2. The highest BCUT2D eigenvalue weighted by molar-refractivity contribution is 14.1. The lowest BCUT2D eigenvalue weighted by molar-refractivity contribution is -0.137. The second-order valence-corrected chi connectivity index (χ2v) is 5.96. The number of alkyl halides is 3. The number of aromatic nitrogens is 2. The first-order valence-corrected chi connectivity index (χ1v) is 7.55. The number of hydrogen-bond donors (Lipinski definition) is 2. The summed E-state index contributed by atoms with van der Waals surface area (Å²) in [6.45, 7) is 0. The molecule has 0 spiro atoms. The van der Waals surface area contributed by atoms with Gasteiger partial charge in [-0.25, -0.2) is 9.97 Å². The number of anilines is 2. The summed E-state index contributed by atoms with van der Waals surface area (Å²) in [6, 6.07) is 2.31. The van der Waals surface area contributed by atoms with Crippen LogP contribution in [0.1, 0.15) is 16.1 Å². The van der Waals surface area contributed by atoms with Crippen LogP contribution in [0.3, 0.4) is 0 Å². The van der Waals surface area contributed by atoms with Gasteiger partial charge in [-0.3, -0.25) is 4.79 Å². The van der Waals surface area contributed by atoms with Crippen molar-refractivity contribution >= 4 is 51.6 Å². The van der Waals surface area contributed by atoms with Crippen molar-refractivity contribution < 1.29 is 18.0 Å². The molecule has 5 nitrogen and oxygen atoms in total. The number of carbonyl (C=O) groups excluding carboxylic acids is 1. The van der Waals surface area contributed by atoms with E-state index in [0.29, 0.717) is 23.8 Å². The van der Waals surface area contributed by atoms with E-state index in [0.717, 1.165) is 3.57 Å². The summed E-state index contributed by atoms with van der Waals surface area (Å²) in [5.41, 5.74) is -0.964. The summed E-state index contributed by atoms with van der Waals surface area (Å²) in [6.07, 6.45) is -2.43. The average molecular weight is 457 g/mol. The zero-order valence-electron chi connectivity index (χ0n) is 11.5. The van der Waals surface area contributed by atoms with Gasteiger partial charge in [-0.2, -0.15) is 13.2 Å². The maximum atomic E-state index is 12.6. The van der Waals surface area contributed by atoms with Crippen molar-refractivity contribution in [2.24, 2.45) is 0 Å². The maximum absolute atomic E-state index is 12.6. The molecule has 2 N–H and O–H groups in total. The van der Waals surface area contributed by atoms with Crippen LogP contribution in [0, 0.1) is 3.57 Å². The number of rotatable bonds is 3. The largest absolute Gasteiger partial charge is 0.417 e. The highest BCUT2D eigenvalue weighted by atomic mass is 127. The van der Waals surface area contributed by atoms with E-state index in [1.165, 1.54) is 0 Å². The van der Waals surface area contributed by atoms with Gasteiger partial charge in [0.05, 0.1) is 16.3 Å². The van der Waals surface area contributed by atoms with E-state index in [1.54, 1.807) is 19.3 Å². The van der Waals surface area contributed by atoms with Crippen molar-refractivity contribution in [1.82, 2.24) is 9.97 Å². The molecule has 1 amide bonds. The van der Waals surface area contributed by atoms with Crippen LogP contribution in [0.4, 0.5) is 24.7 Å². The van der Waals surface area contributed by atoms with Gasteiger partial charge in [-0.15, -0.1) is 0 Å². The molecule has 0 unspecified atom stereocenters. The normalized spacial score (nSPS) is 11.2. The number of amides is 1. The minimum absolute atomic E-state index is 0.305. The monoisotopic (exact) mass is 456 g/mol. The lowest BCUT2D eigenvalue weighted by Gasteiger charge is -2.12. The molecule has 0 aliphatic heterocycles. The van der Waals surface area contributed by atoms with Gasteiger partial charge in [0.15, 0.2) is 0 Å². The quantitative estimate of drug-likeness (QED) is 0.684. The molecule has 10 heteroatoms. The van der Waals surface area contributed by atoms with Gasteiger partial charge in [0.2, 0.25) is 0 Å². The summed E-state index contributed by atoms with van der Waals surface area (Å²) in [5.74, 6) is -0.328. The Kier molecular flexibility index (Phi) is 5.30. The van der Waals surface area contributed by atoms with Crippen LogP contribution in [-0.2, 0) is 6.18 Å². The van der Waals surface area contributed by atoms with E-state index in [4.69, 9.17) is 11.6 Å². The second kappa shape index (κ2) is 6.87. The lowest BCUT2D eigenvalue weighted by atomic mass is 10.2. The van der Waals surface area contributed by atoms with E-state index in [9.17, 15) is 18.0 Å². The van der Waals surface area contributed by atoms with Crippen LogP contribution in [0.5, 0.6) is 0 Å². The van der Waals surface area contributed by atoms with Crippen LogP contribution in [0.2, 0.25) is 5.02 Å². The molecular weight excluding hydrogens is 448 g/mol. The first kappa shape index (κ1) is 17.7. The summed E-state index contributed by atoms with van der Waals surface area (Å²) >= 11 is 7.76. The van der Waals surface area contributed by atoms with Crippen LogP contribution >= 0.6 is 34.2 Å². The minimum atomic E-state index is -4.58. The number of hydrogen-bond acceptors (Lipinski definition) is 4.